The molecule has 0 radical (unpaired) electrons. The molecular formula is C13H16ClNO3. The van der Waals surface area contributed by atoms with Crippen molar-refractivity contribution in [2.24, 2.45) is 0 Å². The highest BCUT2D eigenvalue weighted by molar-refractivity contribution is 6.34. The highest BCUT2D eigenvalue weighted by Crippen LogP contribution is 2.23. The second-order valence-electron chi connectivity index (χ2n) is 4.20. The first-order chi connectivity index (χ1) is 8.70. The third-order valence-corrected chi connectivity index (χ3v) is 3.22. The fourth-order valence-corrected chi connectivity index (χ4v) is 2.21. The minimum atomic E-state index is 0.0191. The number of hydrogen-bond acceptors (Lipinski definition) is 4. The Hall–Kier alpha value is -1.10. The van der Waals surface area contributed by atoms with E-state index in [1.54, 1.807) is 25.3 Å². The van der Waals surface area contributed by atoms with E-state index in [2.05, 4.69) is 5.32 Å². The Balaban J connectivity index is 2.03. The standard InChI is InChI=1S/C13H16ClNO3/c1-17-10-2-3-11(12(14)7-10)13(16)6-9-8-18-5-4-15-9/h2-3,7,9,15H,4-6,8H2,1H3. The summed E-state index contributed by atoms with van der Waals surface area (Å²) in [5, 5.41) is 3.68. The predicted molar refractivity (Wildman–Crippen MR) is 69.6 cm³/mol. The number of hydrogen-bond donors (Lipinski definition) is 1. The average molecular weight is 270 g/mol. The summed E-state index contributed by atoms with van der Waals surface area (Å²) < 4.78 is 10.4. The van der Waals surface area contributed by atoms with E-state index in [1.807, 2.05) is 0 Å². The average Bonchev–Trinajstić information content (AvgIpc) is 2.39. The van der Waals surface area contributed by atoms with E-state index >= 15 is 0 Å². The van der Waals surface area contributed by atoms with Crippen LogP contribution in [-0.4, -0.2) is 38.7 Å². The van der Waals surface area contributed by atoms with Gasteiger partial charge in [-0.05, 0) is 18.2 Å². The Morgan fingerprint density at radius 2 is 2.44 bits per heavy atom. The van der Waals surface area contributed by atoms with Crippen LogP contribution in [0.15, 0.2) is 18.2 Å². The smallest absolute Gasteiger partial charge is 0.166 e. The maximum atomic E-state index is 12.1. The number of ketones is 1. The van der Waals surface area contributed by atoms with Crippen molar-refractivity contribution >= 4 is 17.4 Å². The zero-order chi connectivity index (χ0) is 13.0. The first kappa shape index (κ1) is 13.3. The molecule has 1 N–H and O–H groups in total. The molecule has 1 aromatic rings. The van der Waals surface area contributed by atoms with Crippen molar-refractivity contribution in [2.45, 2.75) is 12.5 Å². The predicted octanol–water partition coefficient (Wildman–Crippen LogP) is 1.91. The Bertz CT molecular complexity index is 430. The van der Waals surface area contributed by atoms with Crippen molar-refractivity contribution < 1.29 is 14.3 Å². The van der Waals surface area contributed by atoms with Gasteiger partial charge >= 0.3 is 0 Å². The number of nitrogens with one attached hydrogen (secondary N) is 1. The molecule has 2 rings (SSSR count). The van der Waals surface area contributed by atoms with Gasteiger partial charge in [-0.1, -0.05) is 11.6 Å². The van der Waals surface area contributed by atoms with Crippen molar-refractivity contribution in [3.05, 3.63) is 28.8 Å². The SMILES string of the molecule is COc1ccc(C(=O)CC2COCCN2)c(Cl)c1. The first-order valence-electron chi connectivity index (χ1n) is 5.88. The van der Waals surface area contributed by atoms with E-state index in [-0.39, 0.29) is 11.8 Å². The van der Waals surface area contributed by atoms with E-state index in [1.165, 1.54) is 0 Å². The van der Waals surface area contributed by atoms with Gasteiger partial charge in [-0.3, -0.25) is 4.79 Å². The lowest BCUT2D eigenvalue weighted by Gasteiger charge is -2.23. The Morgan fingerprint density at radius 3 is 3.06 bits per heavy atom. The molecule has 5 heteroatoms. The molecule has 0 aromatic heterocycles. The first-order valence-corrected chi connectivity index (χ1v) is 6.26. The molecule has 0 spiro atoms. The van der Waals surface area contributed by atoms with Crippen molar-refractivity contribution in [3.63, 3.8) is 0 Å². The Labute approximate surface area is 111 Å². The van der Waals surface area contributed by atoms with E-state index in [4.69, 9.17) is 21.1 Å². The van der Waals surface area contributed by atoms with Crippen LogP contribution < -0.4 is 10.1 Å². The van der Waals surface area contributed by atoms with Crippen LogP contribution in [0.25, 0.3) is 0 Å². The molecule has 1 aliphatic rings. The van der Waals surface area contributed by atoms with Gasteiger partial charge < -0.3 is 14.8 Å². The summed E-state index contributed by atoms with van der Waals surface area (Å²) in [7, 11) is 1.57. The minimum absolute atomic E-state index is 0.0191. The van der Waals surface area contributed by atoms with E-state index < -0.39 is 0 Å². The number of methoxy groups -OCH3 is 1. The van der Waals surface area contributed by atoms with Gasteiger partial charge in [0.15, 0.2) is 5.78 Å². The number of ether oxygens (including phenoxy) is 2. The number of rotatable bonds is 4. The van der Waals surface area contributed by atoms with Crippen LogP contribution in [0.5, 0.6) is 5.75 Å². The number of morpholine rings is 1. The molecule has 1 heterocycles. The zero-order valence-corrected chi connectivity index (χ0v) is 11.0. The molecule has 18 heavy (non-hydrogen) atoms. The lowest BCUT2D eigenvalue weighted by Crippen LogP contribution is -2.42. The zero-order valence-electron chi connectivity index (χ0n) is 10.2. The highest BCUT2D eigenvalue weighted by Gasteiger charge is 2.19. The van der Waals surface area contributed by atoms with Crippen molar-refractivity contribution in [1.29, 1.82) is 0 Å². The molecule has 1 saturated heterocycles. The van der Waals surface area contributed by atoms with Gasteiger partial charge in [0.25, 0.3) is 0 Å². The van der Waals surface area contributed by atoms with E-state index in [9.17, 15) is 4.79 Å². The van der Waals surface area contributed by atoms with Gasteiger partial charge in [-0.2, -0.15) is 0 Å². The molecule has 0 aliphatic carbocycles. The third kappa shape index (κ3) is 3.22. The Morgan fingerprint density at radius 1 is 1.61 bits per heavy atom. The van der Waals surface area contributed by atoms with Gasteiger partial charge in [-0.25, -0.2) is 0 Å². The van der Waals surface area contributed by atoms with Crippen LogP contribution in [0, 0.1) is 0 Å². The fourth-order valence-electron chi connectivity index (χ4n) is 1.93. The lowest BCUT2D eigenvalue weighted by molar-refractivity contribution is 0.0676. The summed E-state index contributed by atoms with van der Waals surface area (Å²) in [6, 6.07) is 5.17. The number of carbonyl (C=O) groups is 1. The summed E-state index contributed by atoms with van der Waals surface area (Å²) in [6.07, 6.45) is 0.395. The topological polar surface area (TPSA) is 47.6 Å². The number of halogens is 1. The highest BCUT2D eigenvalue weighted by atomic mass is 35.5. The van der Waals surface area contributed by atoms with Gasteiger partial charge in [0.05, 0.1) is 25.3 Å². The van der Waals surface area contributed by atoms with Crippen LogP contribution in [0.1, 0.15) is 16.8 Å². The van der Waals surface area contributed by atoms with Gasteiger partial charge in [0.2, 0.25) is 0 Å². The molecule has 1 aromatic carbocycles. The molecule has 1 atom stereocenters. The quantitative estimate of drug-likeness (QED) is 0.849. The van der Waals surface area contributed by atoms with Gasteiger partial charge in [0.1, 0.15) is 5.75 Å². The monoisotopic (exact) mass is 269 g/mol. The van der Waals surface area contributed by atoms with Crippen molar-refractivity contribution in [1.82, 2.24) is 5.32 Å². The molecule has 0 bridgehead atoms. The van der Waals surface area contributed by atoms with Gasteiger partial charge in [-0.15, -0.1) is 0 Å². The van der Waals surface area contributed by atoms with Crippen LogP contribution in [0.2, 0.25) is 5.02 Å². The van der Waals surface area contributed by atoms with Crippen molar-refractivity contribution in [2.75, 3.05) is 26.9 Å². The second kappa shape index (κ2) is 6.18. The van der Waals surface area contributed by atoms with Crippen LogP contribution in [-0.2, 0) is 4.74 Å². The molecule has 98 valence electrons. The summed E-state index contributed by atoms with van der Waals surface area (Å²) >= 11 is 6.07. The number of Topliss-reactive ketones (excluding diaryl/α,β-unsaturated/α-hetero) is 1. The molecule has 0 amide bonds. The van der Waals surface area contributed by atoms with Crippen LogP contribution in [0.4, 0.5) is 0 Å². The Kier molecular flexibility index (Phi) is 4.58. The maximum Gasteiger partial charge on any atom is 0.166 e. The van der Waals surface area contributed by atoms with E-state index in [0.29, 0.717) is 36.0 Å². The number of benzene rings is 1. The normalized spacial score (nSPS) is 19.6. The van der Waals surface area contributed by atoms with E-state index in [0.717, 1.165) is 6.54 Å². The third-order valence-electron chi connectivity index (χ3n) is 2.91. The largest absolute Gasteiger partial charge is 0.497 e. The second-order valence-corrected chi connectivity index (χ2v) is 4.61. The molecule has 0 saturated carbocycles. The molecule has 1 fully saturated rings. The summed E-state index contributed by atoms with van der Waals surface area (Å²) in [4.78, 5) is 12.1. The maximum absolute atomic E-state index is 12.1. The van der Waals surface area contributed by atoms with Crippen LogP contribution >= 0.6 is 11.6 Å². The minimum Gasteiger partial charge on any atom is -0.497 e. The van der Waals surface area contributed by atoms with Crippen molar-refractivity contribution in [3.8, 4) is 5.75 Å². The molecule has 4 nitrogen and oxygen atoms in total. The fraction of sp³-hybridized carbons (Fsp3) is 0.462. The summed E-state index contributed by atoms with van der Waals surface area (Å²) in [5.74, 6) is 0.668. The number of carbonyl (C=O) groups excluding carboxylic acids is 1. The molecular weight excluding hydrogens is 254 g/mol. The van der Waals surface area contributed by atoms with Crippen LogP contribution in [0.3, 0.4) is 0 Å². The molecule has 1 unspecified atom stereocenters. The summed E-state index contributed by atoms with van der Waals surface area (Å²) in [5.41, 5.74) is 0.532. The van der Waals surface area contributed by atoms with Gasteiger partial charge in [0, 0.05) is 24.6 Å². The summed E-state index contributed by atoms with van der Waals surface area (Å²) in [6.45, 7) is 2.06. The lowest BCUT2D eigenvalue weighted by atomic mass is 10.0. The molecule has 1 aliphatic heterocycles.